The van der Waals surface area contributed by atoms with Gasteiger partial charge in [-0.3, -0.25) is 9.59 Å². The fourth-order valence-electron chi connectivity index (χ4n) is 8.16. The number of aliphatic carboxylic acids is 1. The lowest BCUT2D eigenvalue weighted by Crippen LogP contribution is -2.40. The van der Waals surface area contributed by atoms with E-state index in [1.165, 1.54) is 128 Å². The van der Waals surface area contributed by atoms with Crippen LogP contribution in [0.1, 0.15) is 245 Å². The summed E-state index contributed by atoms with van der Waals surface area (Å²) in [4.78, 5) is 37.5. The molecular weight excluding hydrogens is 935 g/mol. The van der Waals surface area contributed by atoms with E-state index < -0.39 is 24.3 Å². The van der Waals surface area contributed by atoms with Crippen LogP contribution in [0.3, 0.4) is 0 Å². The van der Waals surface area contributed by atoms with Gasteiger partial charge in [-0.1, -0.05) is 233 Å². The molecule has 0 aliphatic carbocycles. The molecule has 0 heterocycles. The number of hydrogen-bond donors (Lipinski definition) is 1. The van der Waals surface area contributed by atoms with Crippen molar-refractivity contribution in [3.05, 3.63) is 97.2 Å². The number of unbranched alkanes of at least 4 members (excludes halogenated alkanes) is 24. The molecule has 0 amide bonds. The van der Waals surface area contributed by atoms with Gasteiger partial charge in [0, 0.05) is 12.8 Å². The van der Waals surface area contributed by atoms with Crippen molar-refractivity contribution in [3.8, 4) is 0 Å². The van der Waals surface area contributed by atoms with Crippen LogP contribution in [0.5, 0.6) is 0 Å². The Morgan fingerprint density at radius 1 is 0.413 bits per heavy atom. The minimum absolute atomic E-state index is 0.183. The summed E-state index contributed by atoms with van der Waals surface area (Å²) in [6.07, 6.45) is 73.4. The molecule has 0 aromatic heterocycles. The Hall–Kier alpha value is -3.79. The van der Waals surface area contributed by atoms with E-state index in [9.17, 15) is 19.5 Å². The van der Waals surface area contributed by atoms with Crippen LogP contribution in [0.25, 0.3) is 0 Å². The molecule has 0 aromatic rings. The number of nitrogens with zero attached hydrogens (tertiary/aromatic N) is 1. The molecule has 0 spiro atoms. The zero-order valence-electron chi connectivity index (χ0n) is 48.9. The monoisotopic (exact) mass is 1050 g/mol. The van der Waals surface area contributed by atoms with Gasteiger partial charge >= 0.3 is 17.9 Å². The van der Waals surface area contributed by atoms with E-state index in [-0.39, 0.29) is 32.2 Å². The molecule has 75 heavy (non-hydrogen) atoms. The normalized spacial score (nSPS) is 13.5. The number of esters is 2. The summed E-state index contributed by atoms with van der Waals surface area (Å²) >= 11 is 0. The number of quaternary nitrogens is 1. The van der Waals surface area contributed by atoms with Gasteiger partial charge in [-0.05, 0) is 96.3 Å². The van der Waals surface area contributed by atoms with Crippen LogP contribution < -0.4 is 0 Å². The van der Waals surface area contributed by atoms with E-state index in [1.807, 2.05) is 21.1 Å². The van der Waals surface area contributed by atoms with E-state index in [4.69, 9.17) is 18.9 Å². The average molecular weight is 1050 g/mol. The molecule has 0 saturated carbocycles. The summed E-state index contributed by atoms with van der Waals surface area (Å²) in [6, 6.07) is 0. The van der Waals surface area contributed by atoms with Crippen LogP contribution in [0.2, 0.25) is 0 Å². The number of carboxylic acids is 1. The summed E-state index contributed by atoms with van der Waals surface area (Å²) in [5, 5.41) is 9.71. The Kier molecular flexibility index (Phi) is 53.6. The van der Waals surface area contributed by atoms with Crippen LogP contribution in [-0.2, 0) is 33.3 Å². The Bertz CT molecular complexity index is 1550. The number of ether oxygens (including phenoxy) is 4. The third-order valence-corrected chi connectivity index (χ3v) is 12.8. The number of rotatable bonds is 55. The van der Waals surface area contributed by atoms with Gasteiger partial charge in [0.15, 0.2) is 6.10 Å². The SMILES string of the molecule is CC/C=C\C/C=C\C/C=C\C/C=C\C/C=C\C/C=C\CCCCCCCCCCCCCCC(=O)OC(COC(=O)CCCCCCCCCCC/C=C\C/C=C\CCCCC)COC(OCC[N+](C)(C)C)C(=O)O. The summed E-state index contributed by atoms with van der Waals surface area (Å²) in [6.45, 7) is 4.74. The molecule has 9 nitrogen and oxygen atoms in total. The minimum atomic E-state index is -1.52. The number of carbonyl (C=O) groups is 3. The Labute approximate surface area is 461 Å². The highest BCUT2D eigenvalue weighted by Gasteiger charge is 2.25. The van der Waals surface area contributed by atoms with Gasteiger partial charge in [0.2, 0.25) is 0 Å². The quantitative estimate of drug-likeness (QED) is 0.0211. The molecule has 1 N–H and O–H groups in total. The average Bonchev–Trinajstić information content (AvgIpc) is 3.38. The van der Waals surface area contributed by atoms with Crippen molar-refractivity contribution in [3.63, 3.8) is 0 Å². The second-order valence-electron chi connectivity index (χ2n) is 21.3. The molecule has 430 valence electrons. The molecule has 0 fully saturated rings. The maximum atomic E-state index is 12.9. The molecule has 0 radical (unpaired) electrons. The fraction of sp³-hybridized carbons (Fsp3) is 0.712. The van der Waals surface area contributed by atoms with E-state index in [2.05, 4.69) is 111 Å². The first kappa shape index (κ1) is 71.2. The van der Waals surface area contributed by atoms with Gasteiger partial charge in [0.25, 0.3) is 6.29 Å². The number of carboxylic acid groups (broad SMARTS) is 1. The predicted octanol–water partition coefficient (Wildman–Crippen LogP) is 18.1. The zero-order valence-corrected chi connectivity index (χ0v) is 48.9. The summed E-state index contributed by atoms with van der Waals surface area (Å²) < 4.78 is 22.9. The lowest BCUT2D eigenvalue weighted by atomic mass is 10.0. The number of likely N-dealkylation sites (N-methyl/N-ethyl adjacent to an activating group) is 1. The fourth-order valence-corrected chi connectivity index (χ4v) is 8.16. The second-order valence-corrected chi connectivity index (χ2v) is 21.3. The third-order valence-electron chi connectivity index (χ3n) is 12.8. The molecule has 0 aliphatic heterocycles. The first-order chi connectivity index (χ1) is 36.6. The standard InChI is InChI=1S/C66H113NO8/c1-6-8-10-12-14-16-18-20-22-24-26-27-28-29-30-31-32-33-34-35-36-37-39-41-43-45-47-49-51-53-55-57-64(69)75-62(61-74-66(65(70)71)72-59-58-67(3,4)5)60-73-63(68)56-54-52-50-48-46-44-42-40-38-25-23-21-19-17-15-13-11-9-7-2/h8,10,14-17,20-23,26-27,29-30,32-33,62,66H,6-7,9,11-13,18-19,24-25,28,31,34-61H2,1-5H3/p+1/b10-8-,16-14-,17-15-,22-20-,23-21-,27-26-,30-29-,33-32-. The molecule has 0 bridgehead atoms. The maximum absolute atomic E-state index is 12.9. The topological polar surface area (TPSA) is 108 Å². The molecule has 2 unspecified atom stereocenters. The highest BCUT2D eigenvalue weighted by Crippen LogP contribution is 2.16. The van der Waals surface area contributed by atoms with Crippen LogP contribution in [0.4, 0.5) is 0 Å². The third kappa shape index (κ3) is 57.7. The van der Waals surface area contributed by atoms with Crippen molar-refractivity contribution in [1.82, 2.24) is 0 Å². The molecule has 2 atom stereocenters. The molecule has 0 saturated heterocycles. The maximum Gasteiger partial charge on any atom is 0.361 e. The van der Waals surface area contributed by atoms with E-state index in [0.29, 0.717) is 23.9 Å². The van der Waals surface area contributed by atoms with Crippen LogP contribution >= 0.6 is 0 Å². The molecule has 0 aromatic carbocycles. The second kappa shape index (κ2) is 56.4. The van der Waals surface area contributed by atoms with Gasteiger partial charge < -0.3 is 28.5 Å². The van der Waals surface area contributed by atoms with E-state index in [1.54, 1.807) is 0 Å². The van der Waals surface area contributed by atoms with Crippen molar-refractivity contribution in [2.24, 2.45) is 0 Å². The van der Waals surface area contributed by atoms with E-state index in [0.717, 1.165) is 83.5 Å². The summed E-state index contributed by atoms with van der Waals surface area (Å²) in [5.41, 5.74) is 0. The highest BCUT2D eigenvalue weighted by molar-refractivity contribution is 5.71. The van der Waals surface area contributed by atoms with Gasteiger partial charge in [-0.25, -0.2) is 4.79 Å². The predicted molar refractivity (Wildman–Crippen MR) is 318 cm³/mol. The van der Waals surface area contributed by atoms with Gasteiger partial charge in [-0.2, -0.15) is 0 Å². The molecule has 0 aliphatic rings. The van der Waals surface area contributed by atoms with Crippen LogP contribution in [0, 0.1) is 0 Å². The van der Waals surface area contributed by atoms with Crippen molar-refractivity contribution in [1.29, 1.82) is 0 Å². The lowest BCUT2D eigenvalue weighted by molar-refractivity contribution is -0.870. The van der Waals surface area contributed by atoms with E-state index >= 15 is 0 Å². The minimum Gasteiger partial charge on any atom is -0.477 e. The van der Waals surface area contributed by atoms with Crippen LogP contribution in [-0.4, -0.2) is 87.4 Å². The summed E-state index contributed by atoms with van der Waals surface area (Å²) in [5.74, 6) is -2.01. The van der Waals surface area contributed by atoms with Gasteiger partial charge in [-0.15, -0.1) is 0 Å². The number of carbonyl (C=O) groups excluding carboxylic acids is 2. The molecular formula is C66H114NO8+. The van der Waals surface area contributed by atoms with Crippen LogP contribution in [0.15, 0.2) is 97.2 Å². The first-order valence-corrected chi connectivity index (χ1v) is 30.4. The smallest absolute Gasteiger partial charge is 0.361 e. The van der Waals surface area contributed by atoms with Crippen molar-refractivity contribution in [2.45, 2.75) is 257 Å². The molecule has 0 rings (SSSR count). The van der Waals surface area contributed by atoms with Crippen molar-refractivity contribution >= 4 is 17.9 Å². The Balaban J connectivity index is 4.21. The largest absolute Gasteiger partial charge is 0.477 e. The Morgan fingerprint density at radius 3 is 1.13 bits per heavy atom. The number of hydrogen-bond acceptors (Lipinski definition) is 7. The first-order valence-electron chi connectivity index (χ1n) is 30.4. The van der Waals surface area contributed by atoms with Crippen molar-refractivity contribution < 1.29 is 42.9 Å². The summed E-state index contributed by atoms with van der Waals surface area (Å²) in [7, 11) is 5.96. The zero-order chi connectivity index (χ0) is 54.8. The Morgan fingerprint density at radius 2 is 0.760 bits per heavy atom. The lowest BCUT2D eigenvalue weighted by Gasteiger charge is -2.25. The van der Waals surface area contributed by atoms with Gasteiger partial charge in [0.1, 0.15) is 13.2 Å². The molecule has 9 heteroatoms. The number of allylic oxidation sites excluding steroid dienone is 16. The highest BCUT2D eigenvalue weighted by atomic mass is 16.7. The van der Waals surface area contributed by atoms with Gasteiger partial charge in [0.05, 0.1) is 34.4 Å². The van der Waals surface area contributed by atoms with Crippen molar-refractivity contribution in [2.75, 3.05) is 47.5 Å².